The van der Waals surface area contributed by atoms with E-state index in [2.05, 4.69) is 22.4 Å². The van der Waals surface area contributed by atoms with E-state index in [9.17, 15) is 14.7 Å². The first-order valence-corrected chi connectivity index (χ1v) is 15.0. The molecule has 1 amide bonds. The molecule has 42 heavy (non-hydrogen) atoms. The van der Waals surface area contributed by atoms with Gasteiger partial charge in [-0.1, -0.05) is 0 Å². The standard InChI is InChI=1S/C32H37N3O6S/c1-19-13-29(41-4)25(16-28(19)40-3)21-8-5-20(6-9-21)7-10-23-18-42-32(33-23)34-31(38)27-15-22-14-24(39-2)11-12-26(22)35(27)17-30(36)37/h11-16,18,20-21H,5-10,17H2,1-4H3,(H,36,37)(H,33,34,38). The van der Waals surface area contributed by atoms with Crippen molar-refractivity contribution < 1.29 is 28.9 Å². The fraction of sp³-hybridized carbons (Fsp3) is 0.406. The van der Waals surface area contributed by atoms with Gasteiger partial charge in [0.15, 0.2) is 5.13 Å². The Morgan fingerprint density at radius 2 is 1.79 bits per heavy atom. The van der Waals surface area contributed by atoms with Crippen molar-refractivity contribution in [2.24, 2.45) is 5.92 Å². The molecule has 2 N–H and O–H groups in total. The van der Waals surface area contributed by atoms with Crippen molar-refractivity contribution in [2.75, 3.05) is 26.6 Å². The van der Waals surface area contributed by atoms with Gasteiger partial charge in [-0.15, -0.1) is 11.3 Å². The van der Waals surface area contributed by atoms with Crippen LogP contribution in [0.2, 0.25) is 0 Å². The molecule has 0 saturated heterocycles. The second-order valence-electron chi connectivity index (χ2n) is 10.9. The maximum Gasteiger partial charge on any atom is 0.323 e. The van der Waals surface area contributed by atoms with Gasteiger partial charge in [-0.2, -0.15) is 0 Å². The Morgan fingerprint density at radius 1 is 1.02 bits per heavy atom. The van der Waals surface area contributed by atoms with Gasteiger partial charge in [-0.25, -0.2) is 4.98 Å². The Morgan fingerprint density at radius 3 is 2.48 bits per heavy atom. The van der Waals surface area contributed by atoms with Gasteiger partial charge in [0, 0.05) is 21.8 Å². The van der Waals surface area contributed by atoms with Gasteiger partial charge in [0.1, 0.15) is 29.5 Å². The molecule has 2 aromatic carbocycles. The summed E-state index contributed by atoms with van der Waals surface area (Å²) in [7, 11) is 5.00. The number of hydrogen-bond acceptors (Lipinski definition) is 7. The van der Waals surface area contributed by atoms with Gasteiger partial charge in [-0.05, 0) is 99.2 Å². The molecule has 0 atom stereocenters. The van der Waals surface area contributed by atoms with Crippen LogP contribution >= 0.6 is 11.3 Å². The number of methoxy groups -OCH3 is 3. The smallest absolute Gasteiger partial charge is 0.323 e. The molecular formula is C32H37N3O6S. The number of carbonyl (C=O) groups is 2. The lowest BCUT2D eigenvalue weighted by Gasteiger charge is -2.30. The normalized spacial score (nSPS) is 16.8. The van der Waals surface area contributed by atoms with Gasteiger partial charge in [0.05, 0.1) is 27.0 Å². The number of nitrogens with one attached hydrogen (secondary N) is 1. The number of nitrogens with zero attached hydrogens (tertiary/aromatic N) is 2. The van der Waals surface area contributed by atoms with Crippen LogP contribution < -0.4 is 19.5 Å². The number of carbonyl (C=O) groups excluding carboxylic acids is 1. The first-order valence-electron chi connectivity index (χ1n) is 14.2. The molecule has 0 unspecified atom stereocenters. The molecule has 1 aliphatic rings. The lowest BCUT2D eigenvalue weighted by Crippen LogP contribution is -2.19. The third kappa shape index (κ3) is 6.38. The van der Waals surface area contributed by atoms with Gasteiger partial charge < -0.3 is 23.9 Å². The molecule has 0 spiro atoms. The molecule has 4 aromatic rings. The second-order valence-corrected chi connectivity index (χ2v) is 11.7. The third-order valence-corrected chi connectivity index (χ3v) is 9.06. The van der Waals surface area contributed by atoms with Crippen molar-refractivity contribution in [1.82, 2.24) is 9.55 Å². The second kappa shape index (κ2) is 12.9. The van der Waals surface area contributed by atoms with E-state index in [0.717, 1.165) is 66.7 Å². The largest absolute Gasteiger partial charge is 0.497 e. The third-order valence-electron chi connectivity index (χ3n) is 8.25. The van der Waals surface area contributed by atoms with E-state index in [4.69, 9.17) is 14.2 Å². The Hall–Kier alpha value is -4.05. The van der Waals surface area contributed by atoms with Crippen molar-refractivity contribution in [1.29, 1.82) is 0 Å². The Bertz CT molecular complexity index is 1580. The van der Waals surface area contributed by atoms with E-state index >= 15 is 0 Å². The lowest BCUT2D eigenvalue weighted by molar-refractivity contribution is -0.137. The van der Waals surface area contributed by atoms with Crippen LogP contribution in [0.15, 0.2) is 41.8 Å². The van der Waals surface area contributed by atoms with Crippen molar-refractivity contribution in [3.05, 3.63) is 64.3 Å². The number of fused-ring (bicyclic) bond motifs is 1. The number of aliphatic carboxylic acids is 1. The number of thiazole rings is 1. The summed E-state index contributed by atoms with van der Waals surface area (Å²) >= 11 is 1.38. The molecule has 1 saturated carbocycles. The highest BCUT2D eigenvalue weighted by Gasteiger charge is 2.26. The Balaban J connectivity index is 1.18. The molecule has 2 heterocycles. The highest BCUT2D eigenvalue weighted by molar-refractivity contribution is 7.14. The lowest BCUT2D eigenvalue weighted by atomic mass is 9.76. The van der Waals surface area contributed by atoms with Crippen LogP contribution in [-0.4, -0.2) is 47.9 Å². The summed E-state index contributed by atoms with van der Waals surface area (Å²) in [5, 5.41) is 15.5. The predicted molar refractivity (Wildman–Crippen MR) is 163 cm³/mol. The van der Waals surface area contributed by atoms with E-state index in [1.165, 1.54) is 21.5 Å². The molecule has 5 rings (SSSR count). The van der Waals surface area contributed by atoms with Gasteiger partial charge in [0.2, 0.25) is 0 Å². The zero-order valence-electron chi connectivity index (χ0n) is 24.4. The van der Waals surface area contributed by atoms with Crippen molar-refractivity contribution in [3.8, 4) is 17.2 Å². The first kappa shape index (κ1) is 29.4. The van der Waals surface area contributed by atoms with E-state index in [1.807, 2.05) is 12.3 Å². The fourth-order valence-corrected chi connectivity index (χ4v) is 6.76. The molecule has 1 fully saturated rings. The van der Waals surface area contributed by atoms with Crippen LogP contribution in [0.1, 0.15) is 65.3 Å². The topological polar surface area (TPSA) is 112 Å². The summed E-state index contributed by atoms with van der Waals surface area (Å²) in [6, 6.07) is 11.2. The van der Waals surface area contributed by atoms with Crippen LogP contribution in [0.3, 0.4) is 0 Å². The van der Waals surface area contributed by atoms with E-state index in [0.29, 0.717) is 28.2 Å². The van der Waals surface area contributed by atoms with Crippen LogP contribution in [0.5, 0.6) is 17.2 Å². The number of anilines is 1. The zero-order valence-corrected chi connectivity index (χ0v) is 25.3. The minimum absolute atomic E-state index is 0.261. The number of aromatic nitrogens is 2. The number of ether oxygens (including phenoxy) is 3. The molecule has 10 heteroatoms. The first-order chi connectivity index (χ1) is 20.3. The van der Waals surface area contributed by atoms with Crippen LogP contribution in [0.4, 0.5) is 5.13 Å². The number of rotatable bonds is 11. The predicted octanol–water partition coefficient (Wildman–Crippen LogP) is 6.68. The minimum atomic E-state index is -1.03. The average Bonchev–Trinajstić information content (AvgIpc) is 3.59. The van der Waals surface area contributed by atoms with E-state index in [1.54, 1.807) is 45.6 Å². The van der Waals surface area contributed by atoms with E-state index in [-0.39, 0.29) is 12.2 Å². The Labute approximate surface area is 249 Å². The molecule has 0 aliphatic heterocycles. The van der Waals surface area contributed by atoms with Crippen molar-refractivity contribution in [2.45, 2.75) is 57.9 Å². The number of carboxylic acid groups (broad SMARTS) is 1. The molecule has 0 bridgehead atoms. The van der Waals surface area contributed by atoms with Crippen molar-refractivity contribution >= 4 is 39.2 Å². The number of benzene rings is 2. The highest BCUT2D eigenvalue weighted by atomic mass is 32.1. The molecule has 0 radical (unpaired) electrons. The molecule has 2 aromatic heterocycles. The average molecular weight is 592 g/mol. The summed E-state index contributed by atoms with van der Waals surface area (Å²) in [5.74, 6) is 2.15. The van der Waals surface area contributed by atoms with Crippen LogP contribution in [0.25, 0.3) is 10.9 Å². The summed E-state index contributed by atoms with van der Waals surface area (Å²) in [5.41, 5.74) is 4.18. The Kier molecular flexibility index (Phi) is 9.01. The monoisotopic (exact) mass is 591 g/mol. The summed E-state index contributed by atoms with van der Waals surface area (Å²) < 4.78 is 18.0. The maximum atomic E-state index is 13.2. The summed E-state index contributed by atoms with van der Waals surface area (Å²) in [4.78, 5) is 29.4. The minimum Gasteiger partial charge on any atom is -0.497 e. The SMILES string of the molecule is COc1ccc2c(c1)cc(C(=O)Nc1nc(CCC3CCC(c4cc(OC)c(C)cc4OC)CC3)cs1)n2CC(=O)O. The van der Waals surface area contributed by atoms with Gasteiger partial charge in [0.25, 0.3) is 5.91 Å². The summed E-state index contributed by atoms with van der Waals surface area (Å²) in [6.07, 6.45) is 6.42. The molecular weight excluding hydrogens is 554 g/mol. The molecule has 9 nitrogen and oxygen atoms in total. The highest BCUT2D eigenvalue weighted by Crippen LogP contribution is 2.43. The van der Waals surface area contributed by atoms with Crippen LogP contribution in [-0.2, 0) is 17.8 Å². The fourth-order valence-electron chi connectivity index (χ4n) is 6.02. The number of carboxylic acids is 1. The molecule has 1 aliphatic carbocycles. The number of amides is 1. The van der Waals surface area contributed by atoms with Crippen molar-refractivity contribution in [3.63, 3.8) is 0 Å². The number of aryl methyl sites for hydroxylation is 2. The van der Waals surface area contributed by atoms with Gasteiger partial charge >= 0.3 is 5.97 Å². The zero-order chi connectivity index (χ0) is 29.8. The summed E-state index contributed by atoms with van der Waals surface area (Å²) in [6.45, 7) is 1.71. The maximum absolute atomic E-state index is 13.2. The van der Waals surface area contributed by atoms with Crippen LogP contribution in [0, 0.1) is 12.8 Å². The molecule has 222 valence electrons. The number of hydrogen-bond donors (Lipinski definition) is 2. The van der Waals surface area contributed by atoms with Gasteiger partial charge in [-0.3, -0.25) is 14.9 Å². The van der Waals surface area contributed by atoms with E-state index < -0.39 is 11.9 Å². The quantitative estimate of drug-likeness (QED) is 0.200.